The van der Waals surface area contributed by atoms with Gasteiger partial charge in [-0.25, -0.2) is 9.59 Å². The summed E-state index contributed by atoms with van der Waals surface area (Å²) < 4.78 is 12.1. The Labute approximate surface area is 167 Å². The number of hydrogen-bond donors (Lipinski definition) is 0. The number of esters is 2. The van der Waals surface area contributed by atoms with Gasteiger partial charge in [0.25, 0.3) is 0 Å². The molecule has 0 atom stereocenters. The van der Waals surface area contributed by atoms with Crippen LogP contribution in [0.15, 0.2) is 81.7 Å². The van der Waals surface area contributed by atoms with Crippen LogP contribution in [0.4, 0.5) is 0 Å². The highest BCUT2D eigenvalue weighted by Gasteiger charge is 2.18. The lowest BCUT2D eigenvalue weighted by Crippen LogP contribution is -2.13. The molecule has 0 amide bonds. The van der Waals surface area contributed by atoms with Gasteiger partial charge in [-0.2, -0.15) is 0 Å². The molecular formula is C20H12Br2O4. The highest BCUT2D eigenvalue weighted by Crippen LogP contribution is 2.29. The van der Waals surface area contributed by atoms with Crippen LogP contribution < -0.4 is 9.47 Å². The van der Waals surface area contributed by atoms with Gasteiger partial charge in [0.05, 0.1) is 11.1 Å². The monoisotopic (exact) mass is 474 g/mol. The molecule has 4 nitrogen and oxygen atoms in total. The fourth-order valence-corrected chi connectivity index (χ4v) is 3.08. The molecule has 3 rings (SSSR count). The van der Waals surface area contributed by atoms with E-state index < -0.39 is 11.9 Å². The van der Waals surface area contributed by atoms with E-state index in [0.29, 0.717) is 20.1 Å². The highest BCUT2D eigenvalue weighted by atomic mass is 79.9. The van der Waals surface area contributed by atoms with Crippen LogP contribution in [0.3, 0.4) is 0 Å². The minimum Gasteiger partial charge on any atom is -0.419 e. The number of rotatable bonds is 4. The van der Waals surface area contributed by atoms with Crippen molar-refractivity contribution in [2.45, 2.75) is 0 Å². The maximum Gasteiger partial charge on any atom is 0.344 e. The van der Waals surface area contributed by atoms with Crippen LogP contribution in [-0.4, -0.2) is 11.9 Å². The number of ether oxygens (including phenoxy) is 2. The van der Waals surface area contributed by atoms with Crippen LogP contribution in [0.2, 0.25) is 0 Å². The first kappa shape index (κ1) is 18.4. The fourth-order valence-electron chi connectivity index (χ4n) is 2.18. The zero-order valence-corrected chi connectivity index (χ0v) is 16.5. The van der Waals surface area contributed by atoms with Gasteiger partial charge in [-0.3, -0.25) is 0 Å². The molecule has 0 aliphatic rings. The van der Waals surface area contributed by atoms with E-state index in [2.05, 4.69) is 31.9 Å². The normalized spacial score (nSPS) is 10.2. The number of benzene rings is 3. The molecule has 0 fully saturated rings. The van der Waals surface area contributed by atoms with Crippen LogP contribution in [0.25, 0.3) is 0 Å². The molecule has 0 radical (unpaired) electrons. The summed E-state index contributed by atoms with van der Waals surface area (Å²) in [6, 6.07) is 20.4. The van der Waals surface area contributed by atoms with E-state index in [0.717, 1.165) is 0 Å². The standard InChI is InChI=1S/C20H12Br2O4/c21-15-9-3-1-7-13(15)19(23)25-17-11-5-6-12-18(17)26-20(24)14-8-2-4-10-16(14)22/h1-12H. The molecule has 0 saturated heterocycles. The maximum absolute atomic E-state index is 12.4. The Morgan fingerprint density at radius 2 is 0.923 bits per heavy atom. The zero-order valence-electron chi connectivity index (χ0n) is 13.3. The van der Waals surface area contributed by atoms with Crippen molar-refractivity contribution in [1.82, 2.24) is 0 Å². The van der Waals surface area contributed by atoms with E-state index in [4.69, 9.17) is 9.47 Å². The summed E-state index contributed by atoms with van der Waals surface area (Å²) in [5, 5.41) is 0. The van der Waals surface area contributed by atoms with Crippen molar-refractivity contribution in [2.75, 3.05) is 0 Å². The number of halogens is 2. The van der Waals surface area contributed by atoms with Crippen LogP contribution in [0.1, 0.15) is 20.7 Å². The number of carbonyl (C=O) groups excluding carboxylic acids is 2. The minimum atomic E-state index is -0.554. The first-order chi connectivity index (χ1) is 12.6. The number of para-hydroxylation sites is 2. The average Bonchev–Trinajstić information content (AvgIpc) is 2.64. The lowest BCUT2D eigenvalue weighted by molar-refractivity contribution is 0.0681. The smallest absolute Gasteiger partial charge is 0.344 e. The zero-order chi connectivity index (χ0) is 18.5. The molecule has 6 heteroatoms. The van der Waals surface area contributed by atoms with Crippen molar-refractivity contribution in [3.8, 4) is 11.5 Å². The summed E-state index contributed by atoms with van der Waals surface area (Å²) in [6.07, 6.45) is 0. The second-order valence-corrected chi connectivity index (χ2v) is 6.89. The predicted molar refractivity (Wildman–Crippen MR) is 105 cm³/mol. The Balaban J connectivity index is 1.83. The summed E-state index contributed by atoms with van der Waals surface area (Å²) in [7, 11) is 0. The lowest BCUT2D eigenvalue weighted by atomic mass is 10.2. The average molecular weight is 476 g/mol. The number of carbonyl (C=O) groups is 2. The van der Waals surface area contributed by atoms with Gasteiger partial charge in [0.15, 0.2) is 11.5 Å². The van der Waals surface area contributed by atoms with Gasteiger partial charge in [0, 0.05) is 8.95 Å². The maximum atomic E-state index is 12.4. The van der Waals surface area contributed by atoms with Crippen LogP contribution in [0, 0.1) is 0 Å². The Morgan fingerprint density at radius 1 is 0.577 bits per heavy atom. The molecule has 0 bridgehead atoms. The summed E-state index contributed by atoms with van der Waals surface area (Å²) >= 11 is 6.63. The predicted octanol–water partition coefficient (Wildman–Crippen LogP) is 5.65. The van der Waals surface area contributed by atoms with Crippen molar-refractivity contribution < 1.29 is 19.1 Å². The molecule has 0 aliphatic carbocycles. The SMILES string of the molecule is O=C(Oc1ccccc1OC(=O)c1ccccc1Br)c1ccccc1Br. The van der Waals surface area contributed by atoms with E-state index in [1.165, 1.54) is 0 Å². The molecule has 0 unspecified atom stereocenters. The van der Waals surface area contributed by atoms with Crippen LogP contribution in [0.5, 0.6) is 11.5 Å². The molecule has 26 heavy (non-hydrogen) atoms. The first-order valence-electron chi connectivity index (χ1n) is 7.58. The summed E-state index contributed by atoms with van der Waals surface area (Å²) in [5.41, 5.74) is 0.749. The van der Waals surface area contributed by atoms with Gasteiger partial charge in [0.1, 0.15) is 0 Å². The Hall–Kier alpha value is -2.44. The van der Waals surface area contributed by atoms with Crippen molar-refractivity contribution in [1.29, 1.82) is 0 Å². The van der Waals surface area contributed by atoms with Crippen molar-refractivity contribution in [3.05, 3.63) is 92.9 Å². The molecule has 0 N–H and O–H groups in total. The molecule has 0 saturated carbocycles. The molecule has 0 aromatic heterocycles. The molecular weight excluding hydrogens is 464 g/mol. The molecule has 3 aromatic carbocycles. The third-order valence-electron chi connectivity index (χ3n) is 3.44. The fraction of sp³-hybridized carbons (Fsp3) is 0. The molecule has 0 aliphatic heterocycles. The van der Waals surface area contributed by atoms with Gasteiger partial charge in [-0.1, -0.05) is 36.4 Å². The van der Waals surface area contributed by atoms with E-state index in [9.17, 15) is 9.59 Å². The van der Waals surface area contributed by atoms with Crippen molar-refractivity contribution >= 4 is 43.8 Å². The molecule has 130 valence electrons. The van der Waals surface area contributed by atoms with Crippen LogP contribution >= 0.6 is 31.9 Å². The van der Waals surface area contributed by atoms with Gasteiger partial charge < -0.3 is 9.47 Å². The van der Waals surface area contributed by atoms with Gasteiger partial charge in [0.2, 0.25) is 0 Å². The van der Waals surface area contributed by atoms with Gasteiger partial charge in [-0.05, 0) is 68.3 Å². The van der Waals surface area contributed by atoms with E-state index in [-0.39, 0.29) is 11.5 Å². The third kappa shape index (κ3) is 4.20. The Morgan fingerprint density at radius 3 is 1.31 bits per heavy atom. The third-order valence-corrected chi connectivity index (χ3v) is 4.83. The second kappa shape index (κ2) is 8.29. The second-order valence-electron chi connectivity index (χ2n) is 5.19. The van der Waals surface area contributed by atoms with E-state index >= 15 is 0 Å². The molecule has 0 spiro atoms. The quantitative estimate of drug-likeness (QED) is 0.361. The van der Waals surface area contributed by atoms with Crippen LogP contribution in [-0.2, 0) is 0 Å². The van der Waals surface area contributed by atoms with E-state index in [1.807, 2.05) is 0 Å². The molecule has 0 heterocycles. The van der Waals surface area contributed by atoms with Gasteiger partial charge >= 0.3 is 11.9 Å². The summed E-state index contributed by atoms with van der Waals surface area (Å²) in [5.74, 6) is -0.786. The Bertz CT molecular complexity index is 891. The lowest BCUT2D eigenvalue weighted by Gasteiger charge is -2.11. The van der Waals surface area contributed by atoms with Crippen molar-refractivity contribution in [3.63, 3.8) is 0 Å². The molecule has 3 aromatic rings. The largest absolute Gasteiger partial charge is 0.419 e. The Kier molecular flexibility index (Phi) is 5.85. The minimum absolute atomic E-state index is 0.161. The van der Waals surface area contributed by atoms with Gasteiger partial charge in [-0.15, -0.1) is 0 Å². The summed E-state index contributed by atoms with van der Waals surface area (Å²) in [4.78, 5) is 24.8. The van der Waals surface area contributed by atoms with Crippen molar-refractivity contribution in [2.24, 2.45) is 0 Å². The van der Waals surface area contributed by atoms with E-state index in [1.54, 1.807) is 72.8 Å². The highest BCUT2D eigenvalue weighted by molar-refractivity contribution is 9.10. The topological polar surface area (TPSA) is 52.6 Å². The summed E-state index contributed by atoms with van der Waals surface area (Å²) in [6.45, 7) is 0. The first-order valence-corrected chi connectivity index (χ1v) is 9.17. The number of hydrogen-bond acceptors (Lipinski definition) is 4.